The molecule has 1 aromatic heterocycles. The second-order valence-corrected chi connectivity index (χ2v) is 3.82. The summed E-state index contributed by atoms with van der Waals surface area (Å²) in [5, 5.41) is 10.5. The van der Waals surface area contributed by atoms with Crippen LogP contribution in [0.5, 0.6) is 0 Å². The first-order valence-corrected chi connectivity index (χ1v) is 4.76. The number of hydrogen-bond donors (Lipinski definition) is 1. The fraction of sp³-hybridized carbons (Fsp3) is 0.333. The van der Waals surface area contributed by atoms with Gasteiger partial charge < -0.3 is 9.52 Å². The summed E-state index contributed by atoms with van der Waals surface area (Å²) >= 11 is 0. The lowest BCUT2D eigenvalue weighted by molar-refractivity contribution is 0.172. The Hall–Kier alpha value is -1.28. The third-order valence-corrected chi connectivity index (χ3v) is 2.42. The van der Waals surface area contributed by atoms with Crippen molar-refractivity contribution >= 4 is 11.0 Å². The molecule has 74 valence electrons. The summed E-state index contributed by atoms with van der Waals surface area (Å²) in [6, 6.07) is 6.02. The molecular formula is C12H14O2. The van der Waals surface area contributed by atoms with E-state index in [9.17, 15) is 5.11 Å². The molecule has 2 aromatic rings. The molecule has 1 atom stereocenters. The average molecular weight is 190 g/mol. The number of aryl methyl sites for hydroxylation is 2. The van der Waals surface area contributed by atoms with E-state index in [1.54, 1.807) is 6.92 Å². The van der Waals surface area contributed by atoms with Crippen LogP contribution >= 0.6 is 0 Å². The molecule has 0 spiro atoms. The van der Waals surface area contributed by atoms with Gasteiger partial charge in [0.2, 0.25) is 0 Å². The fourth-order valence-electron chi connectivity index (χ4n) is 1.71. The van der Waals surface area contributed by atoms with Crippen LogP contribution in [0.15, 0.2) is 22.6 Å². The highest BCUT2D eigenvalue weighted by atomic mass is 16.4. The number of hydrogen-bond acceptors (Lipinski definition) is 2. The Balaban J connectivity index is 2.70. The third-order valence-electron chi connectivity index (χ3n) is 2.42. The molecule has 0 amide bonds. The van der Waals surface area contributed by atoms with Gasteiger partial charge >= 0.3 is 0 Å². The first kappa shape index (κ1) is 9.28. The maximum atomic E-state index is 9.39. The number of furan rings is 1. The van der Waals surface area contributed by atoms with Gasteiger partial charge in [0.25, 0.3) is 0 Å². The van der Waals surface area contributed by atoms with E-state index in [2.05, 4.69) is 13.0 Å². The first-order valence-electron chi connectivity index (χ1n) is 4.76. The number of aliphatic hydroxyl groups is 1. The Labute approximate surface area is 83.2 Å². The van der Waals surface area contributed by atoms with Crippen molar-refractivity contribution in [2.24, 2.45) is 0 Å². The maximum Gasteiger partial charge on any atom is 0.134 e. The van der Waals surface area contributed by atoms with E-state index in [4.69, 9.17) is 4.42 Å². The topological polar surface area (TPSA) is 33.4 Å². The molecule has 0 saturated carbocycles. The van der Waals surface area contributed by atoms with Crippen LogP contribution in [-0.4, -0.2) is 5.11 Å². The number of aliphatic hydroxyl groups excluding tert-OH is 1. The van der Waals surface area contributed by atoms with Crippen molar-refractivity contribution in [3.8, 4) is 0 Å². The molecular weight excluding hydrogens is 176 g/mol. The summed E-state index contributed by atoms with van der Waals surface area (Å²) < 4.78 is 5.54. The van der Waals surface area contributed by atoms with Gasteiger partial charge in [-0.1, -0.05) is 6.07 Å². The van der Waals surface area contributed by atoms with Crippen molar-refractivity contribution in [1.29, 1.82) is 0 Å². The molecule has 2 rings (SSSR count). The predicted octanol–water partition coefficient (Wildman–Crippen LogP) is 3.10. The van der Waals surface area contributed by atoms with Gasteiger partial charge in [-0.15, -0.1) is 0 Å². The highest BCUT2D eigenvalue weighted by Crippen LogP contribution is 2.27. The predicted molar refractivity (Wildman–Crippen MR) is 56.3 cm³/mol. The molecule has 1 heterocycles. The number of fused-ring (bicyclic) bond motifs is 1. The molecule has 14 heavy (non-hydrogen) atoms. The van der Waals surface area contributed by atoms with Crippen LogP contribution in [0.4, 0.5) is 0 Å². The first-order chi connectivity index (χ1) is 6.58. The Kier molecular flexibility index (Phi) is 2.08. The van der Waals surface area contributed by atoms with Crippen LogP contribution in [0.25, 0.3) is 11.0 Å². The van der Waals surface area contributed by atoms with Gasteiger partial charge in [-0.3, -0.25) is 0 Å². The lowest BCUT2D eigenvalue weighted by atomic mass is 10.1. The van der Waals surface area contributed by atoms with Crippen molar-refractivity contribution in [2.75, 3.05) is 0 Å². The minimum Gasteiger partial charge on any atom is -0.458 e. The van der Waals surface area contributed by atoms with Crippen LogP contribution in [0.3, 0.4) is 0 Å². The molecule has 0 fully saturated rings. The Morgan fingerprint density at radius 1 is 1.21 bits per heavy atom. The highest BCUT2D eigenvalue weighted by molar-refractivity contribution is 5.82. The summed E-state index contributed by atoms with van der Waals surface area (Å²) in [6.45, 7) is 5.80. The zero-order valence-corrected chi connectivity index (χ0v) is 8.66. The van der Waals surface area contributed by atoms with Gasteiger partial charge in [0, 0.05) is 5.39 Å². The van der Waals surface area contributed by atoms with Crippen LogP contribution in [-0.2, 0) is 0 Å². The maximum absolute atomic E-state index is 9.39. The lowest BCUT2D eigenvalue weighted by Gasteiger charge is -1.96. The highest BCUT2D eigenvalue weighted by Gasteiger charge is 2.10. The summed E-state index contributed by atoms with van der Waals surface area (Å²) in [5.74, 6) is 0.633. The smallest absolute Gasteiger partial charge is 0.134 e. The molecule has 0 saturated heterocycles. The van der Waals surface area contributed by atoms with Gasteiger partial charge in [-0.2, -0.15) is 0 Å². The number of rotatable bonds is 1. The minimum absolute atomic E-state index is 0.540. The van der Waals surface area contributed by atoms with E-state index >= 15 is 0 Å². The van der Waals surface area contributed by atoms with E-state index in [1.165, 1.54) is 11.1 Å². The van der Waals surface area contributed by atoms with E-state index in [0.29, 0.717) is 5.76 Å². The van der Waals surface area contributed by atoms with Crippen molar-refractivity contribution in [1.82, 2.24) is 0 Å². The molecule has 1 N–H and O–H groups in total. The molecule has 2 nitrogen and oxygen atoms in total. The quantitative estimate of drug-likeness (QED) is 0.749. The van der Waals surface area contributed by atoms with Crippen LogP contribution < -0.4 is 0 Å². The molecule has 1 unspecified atom stereocenters. The number of benzene rings is 1. The molecule has 2 heteroatoms. The Bertz CT molecular complexity index is 466. The molecule has 0 radical (unpaired) electrons. The molecule has 1 aromatic carbocycles. The van der Waals surface area contributed by atoms with Crippen LogP contribution in [0.2, 0.25) is 0 Å². The largest absolute Gasteiger partial charge is 0.458 e. The molecule has 0 bridgehead atoms. The summed E-state index contributed by atoms with van der Waals surface area (Å²) in [7, 11) is 0. The van der Waals surface area contributed by atoms with Crippen LogP contribution in [0.1, 0.15) is 29.9 Å². The zero-order valence-electron chi connectivity index (χ0n) is 8.66. The standard InChI is InChI=1S/C12H14O2/c1-7-4-8(2)10-6-11(9(3)13)14-12(10)5-7/h4-6,9,13H,1-3H3. The van der Waals surface area contributed by atoms with E-state index in [1.807, 2.05) is 19.1 Å². The van der Waals surface area contributed by atoms with E-state index < -0.39 is 6.10 Å². The van der Waals surface area contributed by atoms with Crippen molar-refractivity contribution < 1.29 is 9.52 Å². The summed E-state index contributed by atoms with van der Waals surface area (Å²) in [5.41, 5.74) is 3.23. The Morgan fingerprint density at radius 2 is 1.93 bits per heavy atom. The molecule has 0 aliphatic rings. The summed E-state index contributed by atoms with van der Waals surface area (Å²) in [6.07, 6.45) is -0.540. The lowest BCUT2D eigenvalue weighted by Crippen LogP contribution is -1.85. The van der Waals surface area contributed by atoms with Crippen molar-refractivity contribution in [3.05, 3.63) is 35.1 Å². The average Bonchev–Trinajstić information content (AvgIpc) is 2.47. The third kappa shape index (κ3) is 1.42. The van der Waals surface area contributed by atoms with Gasteiger partial charge in [0.15, 0.2) is 0 Å². The van der Waals surface area contributed by atoms with Gasteiger partial charge in [-0.05, 0) is 44.0 Å². The van der Waals surface area contributed by atoms with Gasteiger partial charge in [0.05, 0.1) is 0 Å². The zero-order chi connectivity index (χ0) is 10.3. The van der Waals surface area contributed by atoms with E-state index in [-0.39, 0.29) is 0 Å². The molecule has 0 aliphatic heterocycles. The van der Waals surface area contributed by atoms with Gasteiger partial charge in [-0.25, -0.2) is 0 Å². The second kappa shape index (κ2) is 3.14. The van der Waals surface area contributed by atoms with Crippen molar-refractivity contribution in [3.63, 3.8) is 0 Å². The Morgan fingerprint density at radius 3 is 2.57 bits per heavy atom. The summed E-state index contributed by atoms with van der Waals surface area (Å²) in [4.78, 5) is 0. The minimum atomic E-state index is -0.540. The monoisotopic (exact) mass is 190 g/mol. The van der Waals surface area contributed by atoms with E-state index in [0.717, 1.165) is 11.0 Å². The van der Waals surface area contributed by atoms with Crippen molar-refractivity contribution in [2.45, 2.75) is 26.9 Å². The normalized spacial score (nSPS) is 13.4. The van der Waals surface area contributed by atoms with Crippen LogP contribution in [0, 0.1) is 13.8 Å². The SMILES string of the molecule is Cc1cc(C)c2cc(C(C)O)oc2c1. The second-order valence-electron chi connectivity index (χ2n) is 3.82. The molecule has 0 aliphatic carbocycles. The van der Waals surface area contributed by atoms with Gasteiger partial charge in [0.1, 0.15) is 17.4 Å². The fourth-order valence-corrected chi connectivity index (χ4v) is 1.71.